The Morgan fingerprint density at radius 2 is 1.96 bits per heavy atom. The Kier molecular flexibility index (Phi) is 6.17. The van der Waals surface area contributed by atoms with Crippen molar-refractivity contribution in [2.75, 3.05) is 6.54 Å². The van der Waals surface area contributed by atoms with Gasteiger partial charge in [0.1, 0.15) is 18.1 Å². The summed E-state index contributed by atoms with van der Waals surface area (Å²) >= 11 is 12.7. The van der Waals surface area contributed by atoms with Gasteiger partial charge in [0.2, 0.25) is 0 Å². The number of rotatable bonds is 5. The zero-order valence-corrected chi connectivity index (χ0v) is 17.2. The smallest absolute Gasteiger partial charge is 0.326 e. The molecule has 0 N–H and O–H groups in total. The summed E-state index contributed by atoms with van der Waals surface area (Å²) in [7, 11) is 0. The Hall–Kier alpha value is -2.22. The minimum Gasteiger partial charge on any atom is -0.462 e. The van der Waals surface area contributed by atoms with Crippen molar-refractivity contribution >= 4 is 58.2 Å². The third-order valence-corrected chi connectivity index (χ3v) is 5.28. The molecule has 0 atom stereocenters. The molecule has 1 aliphatic heterocycles. The van der Waals surface area contributed by atoms with Crippen LogP contribution < -0.4 is 0 Å². The van der Waals surface area contributed by atoms with Gasteiger partial charge in [0.25, 0.3) is 11.1 Å². The number of ether oxygens (including phenoxy) is 1. The highest BCUT2D eigenvalue weighted by Crippen LogP contribution is 2.34. The number of furan rings is 1. The van der Waals surface area contributed by atoms with Gasteiger partial charge in [0.05, 0.1) is 21.1 Å². The summed E-state index contributed by atoms with van der Waals surface area (Å²) in [5.41, 5.74) is 0.721. The van der Waals surface area contributed by atoms with Gasteiger partial charge in [0, 0.05) is 11.6 Å². The summed E-state index contributed by atoms with van der Waals surface area (Å²) in [5.74, 6) is -0.289. The summed E-state index contributed by atoms with van der Waals surface area (Å²) in [5, 5.41) is 0.293. The second kappa shape index (κ2) is 8.43. The molecule has 0 radical (unpaired) electrons. The minimum atomic E-state index is -0.640. The number of nitrogens with zero attached hydrogens (tertiary/aromatic N) is 1. The fourth-order valence-electron chi connectivity index (χ4n) is 2.43. The molecule has 1 aromatic carbocycles. The molecule has 3 rings (SSSR count). The molecule has 1 saturated heterocycles. The molecule has 1 fully saturated rings. The zero-order chi connectivity index (χ0) is 20.4. The first-order chi connectivity index (χ1) is 13.2. The van der Waals surface area contributed by atoms with Crippen molar-refractivity contribution in [2.24, 2.45) is 0 Å². The number of hydrogen-bond donors (Lipinski definition) is 0. The van der Waals surface area contributed by atoms with Crippen molar-refractivity contribution in [3.05, 3.63) is 51.0 Å². The van der Waals surface area contributed by atoms with Crippen LogP contribution in [0.3, 0.4) is 0 Å². The summed E-state index contributed by atoms with van der Waals surface area (Å²) < 4.78 is 10.7. The maximum absolute atomic E-state index is 12.4. The number of halogens is 2. The maximum Gasteiger partial charge on any atom is 0.326 e. The van der Waals surface area contributed by atoms with E-state index in [0.717, 1.165) is 22.2 Å². The Bertz CT molecular complexity index is 982. The van der Waals surface area contributed by atoms with E-state index in [0.29, 0.717) is 21.6 Å². The highest BCUT2D eigenvalue weighted by molar-refractivity contribution is 8.18. The molecule has 0 saturated carbocycles. The van der Waals surface area contributed by atoms with Crippen LogP contribution in [0.2, 0.25) is 10.0 Å². The molecule has 0 unspecified atom stereocenters. The number of thioether (sulfide) groups is 1. The predicted molar refractivity (Wildman–Crippen MR) is 108 cm³/mol. The van der Waals surface area contributed by atoms with Crippen LogP contribution in [0.4, 0.5) is 4.79 Å². The van der Waals surface area contributed by atoms with Gasteiger partial charge in [-0.25, -0.2) is 0 Å². The van der Waals surface area contributed by atoms with E-state index in [2.05, 4.69) is 0 Å². The molecular weight excluding hydrogens is 425 g/mol. The summed E-state index contributed by atoms with van der Waals surface area (Å²) in [4.78, 5) is 37.3. The molecule has 2 heterocycles. The Morgan fingerprint density at radius 3 is 2.64 bits per heavy atom. The van der Waals surface area contributed by atoms with E-state index in [1.807, 2.05) is 0 Å². The van der Waals surface area contributed by atoms with Gasteiger partial charge in [-0.3, -0.25) is 19.3 Å². The van der Waals surface area contributed by atoms with Crippen LogP contribution in [-0.4, -0.2) is 34.7 Å². The molecule has 146 valence electrons. The molecule has 9 heteroatoms. The lowest BCUT2D eigenvalue weighted by atomic mass is 10.2. The van der Waals surface area contributed by atoms with Crippen LogP contribution in [-0.2, 0) is 14.3 Å². The van der Waals surface area contributed by atoms with Crippen molar-refractivity contribution in [1.29, 1.82) is 0 Å². The Balaban J connectivity index is 1.76. The van der Waals surface area contributed by atoms with E-state index in [9.17, 15) is 14.4 Å². The Morgan fingerprint density at radius 1 is 1.21 bits per heavy atom. The van der Waals surface area contributed by atoms with Crippen molar-refractivity contribution < 1.29 is 23.5 Å². The monoisotopic (exact) mass is 439 g/mol. The highest BCUT2D eigenvalue weighted by atomic mass is 35.5. The fourth-order valence-corrected chi connectivity index (χ4v) is 3.55. The largest absolute Gasteiger partial charge is 0.462 e. The average molecular weight is 440 g/mol. The lowest BCUT2D eigenvalue weighted by Crippen LogP contribution is -2.35. The quantitative estimate of drug-likeness (QED) is 0.468. The lowest BCUT2D eigenvalue weighted by molar-refractivity contribution is -0.149. The van der Waals surface area contributed by atoms with Gasteiger partial charge in [-0.05, 0) is 55.9 Å². The number of hydrogen-bond acceptors (Lipinski definition) is 6. The summed E-state index contributed by atoms with van der Waals surface area (Å²) in [6.07, 6.45) is 1.13. The van der Waals surface area contributed by atoms with Crippen LogP contribution in [0.25, 0.3) is 17.4 Å². The van der Waals surface area contributed by atoms with Gasteiger partial charge in [0.15, 0.2) is 0 Å². The second-order valence-electron chi connectivity index (χ2n) is 6.14. The molecule has 2 amide bonds. The van der Waals surface area contributed by atoms with Crippen molar-refractivity contribution in [3.8, 4) is 11.3 Å². The number of imide groups is 1. The Labute approximate surface area is 175 Å². The van der Waals surface area contributed by atoms with E-state index in [1.165, 1.54) is 6.08 Å². The summed E-state index contributed by atoms with van der Waals surface area (Å²) in [6, 6.07) is 8.46. The third kappa shape index (κ3) is 4.60. The number of carbonyl (C=O) groups is 3. The topological polar surface area (TPSA) is 76.8 Å². The maximum atomic E-state index is 12.4. The molecule has 2 aromatic rings. The van der Waals surface area contributed by atoms with Crippen molar-refractivity contribution in [1.82, 2.24) is 4.90 Å². The molecule has 0 bridgehead atoms. The van der Waals surface area contributed by atoms with Crippen LogP contribution >= 0.6 is 35.0 Å². The van der Waals surface area contributed by atoms with E-state index in [1.54, 1.807) is 44.2 Å². The van der Waals surface area contributed by atoms with Crippen LogP contribution in [0.5, 0.6) is 0 Å². The molecule has 28 heavy (non-hydrogen) atoms. The zero-order valence-electron chi connectivity index (χ0n) is 14.9. The van der Waals surface area contributed by atoms with Gasteiger partial charge >= 0.3 is 5.97 Å². The van der Waals surface area contributed by atoms with Crippen molar-refractivity contribution in [2.45, 2.75) is 20.0 Å². The number of benzene rings is 1. The van der Waals surface area contributed by atoms with E-state index in [-0.39, 0.29) is 11.0 Å². The highest BCUT2D eigenvalue weighted by Gasteiger charge is 2.37. The van der Waals surface area contributed by atoms with E-state index in [4.69, 9.17) is 32.4 Å². The minimum absolute atomic E-state index is 0.164. The van der Waals surface area contributed by atoms with E-state index >= 15 is 0 Å². The number of carbonyl (C=O) groups excluding carboxylic acids is 3. The first-order valence-electron chi connectivity index (χ1n) is 8.24. The lowest BCUT2D eigenvalue weighted by Gasteiger charge is -2.13. The fraction of sp³-hybridized carbons (Fsp3) is 0.211. The first kappa shape index (κ1) is 20.5. The van der Waals surface area contributed by atoms with Crippen LogP contribution in [0, 0.1) is 0 Å². The standard InChI is InChI=1S/C19H15Cl2NO5S/c1-10(2)26-17(23)9-22-18(24)16(28-19(22)25)8-12-4-6-15(27-12)11-3-5-13(20)14(21)7-11/h3-8,10H,9H2,1-2H3/b16-8-. The van der Waals surface area contributed by atoms with Gasteiger partial charge < -0.3 is 9.15 Å². The predicted octanol–water partition coefficient (Wildman–Crippen LogP) is 5.24. The first-order valence-corrected chi connectivity index (χ1v) is 9.82. The molecule has 6 nitrogen and oxygen atoms in total. The SMILES string of the molecule is CC(C)OC(=O)CN1C(=O)S/C(=C\c2ccc(-c3ccc(Cl)c(Cl)c3)o2)C1=O. The number of esters is 1. The van der Waals surface area contributed by atoms with Crippen LogP contribution in [0.15, 0.2) is 39.7 Å². The normalized spacial score (nSPS) is 15.8. The van der Waals surface area contributed by atoms with Gasteiger partial charge in [-0.1, -0.05) is 23.2 Å². The average Bonchev–Trinajstić information content (AvgIpc) is 3.17. The molecule has 0 spiro atoms. The second-order valence-corrected chi connectivity index (χ2v) is 7.94. The van der Waals surface area contributed by atoms with E-state index < -0.39 is 23.7 Å². The molecular formula is C19H15Cl2NO5S. The number of amides is 2. The van der Waals surface area contributed by atoms with Crippen LogP contribution in [0.1, 0.15) is 19.6 Å². The van der Waals surface area contributed by atoms with Crippen molar-refractivity contribution in [3.63, 3.8) is 0 Å². The summed E-state index contributed by atoms with van der Waals surface area (Å²) in [6.45, 7) is 2.95. The molecule has 1 aliphatic rings. The third-order valence-electron chi connectivity index (χ3n) is 3.63. The van der Waals surface area contributed by atoms with Gasteiger partial charge in [-0.2, -0.15) is 0 Å². The van der Waals surface area contributed by atoms with Gasteiger partial charge in [-0.15, -0.1) is 0 Å². The molecule has 1 aromatic heterocycles. The molecule has 0 aliphatic carbocycles.